The second kappa shape index (κ2) is 6.01. The highest BCUT2D eigenvalue weighted by molar-refractivity contribution is 7.14. The van der Waals surface area contributed by atoms with Crippen molar-refractivity contribution in [3.05, 3.63) is 50.3 Å². The summed E-state index contributed by atoms with van der Waals surface area (Å²) in [5.41, 5.74) is 2.47. The van der Waals surface area contributed by atoms with Crippen LogP contribution in [0.15, 0.2) is 39.7 Å². The average molecular weight is 333 g/mol. The summed E-state index contributed by atoms with van der Waals surface area (Å²) in [4.78, 5) is 8.90. The second-order valence-corrected chi connectivity index (χ2v) is 7.92. The highest BCUT2D eigenvalue weighted by Crippen LogP contribution is 2.36. The highest BCUT2D eigenvalue weighted by atomic mass is 32.1. The van der Waals surface area contributed by atoms with E-state index in [2.05, 4.69) is 44.6 Å². The summed E-state index contributed by atoms with van der Waals surface area (Å²) in [6.45, 7) is 2.16. The van der Waals surface area contributed by atoms with Crippen LogP contribution >= 0.6 is 34.0 Å². The summed E-state index contributed by atoms with van der Waals surface area (Å²) in [5.74, 6) is 0. The van der Waals surface area contributed by atoms with Crippen LogP contribution in [-0.4, -0.2) is 16.4 Å². The van der Waals surface area contributed by atoms with Gasteiger partial charge < -0.3 is 0 Å². The Morgan fingerprint density at radius 3 is 3.00 bits per heavy atom. The molecule has 0 amide bonds. The van der Waals surface area contributed by atoms with Crippen LogP contribution in [0.1, 0.15) is 29.5 Å². The van der Waals surface area contributed by atoms with Gasteiger partial charge in [0.2, 0.25) is 0 Å². The standard InChI is InChI=1S/C16H16N2S3/c1-3-14(15-4-2-7-20-15)18(6-1)9-13-11-21-16(17-13)12-5-8-19-10-12/h2,4-5,7-8,10-11,14H,1,3,6,9H2. The van der Waals surface area contributed by atoms with Gasteiger partial charge in [-0.1, -0.05) is 6.07 Å². The topological polar surface area (TPSA) is 16.1 Å². The largest absolute Gasteiger partial charge is 0.290 e. The summed E-state index contributed by atoms with van der Waals surface area (Å²) in [6, 6.07) is 7.17. The number of hydrogen-bond donors (Lipinski definition) is 0. The van der Waals surface area contributed by atoms with Crippen molar-refractivity contribution < 1.29 is 0 Å². The van der Waals surface area contributed by atoms with E-state index in [-0.39, 0.29) is 0 Å². The molecule has 1 aliphatic heterocycles. The van der Waals surface area contributed by atoms with Crippen molar-refractivity contribution in [2.24, 2.45) is 0 Å². The van der Waals surface area contributed by atoms with Gasteiger partial charge in [-0.25, -0.2) is 4.98 Å². The van der Waals surface area contributed by atoms with Gasteiger partial charge in [0.05, 0.1) is 5.69 Å². The summed E-state index contributed by atoms with van der Waals surface area (Å²) in [6.07, 6.45) is 2.58. The van der Waals surface area contributed by atoms with Gasteiger partial charge >= 0.3 is 0 Å². The first-order valence-electron chi connectivity index (χ1n) is 7.14. The van der Waals surface area contributed by atoms with Crippen LogP contribution < -0.4 is 0 Å². The first-order chi connectivity index (χ1) is 10.4. The van der Waals surface area contributed by atoms with Crippen LogP contribution in [0, 0.1) is 0 Å². The molecule has 0 aliphatic carbocycles. The lowest BCUT2D eigenvalue weighted by Gasteiger charge is -2.22. The number of thiazole rings is 1. The zero-order valence-corrected chi connectivity index (χ0v) is 14.0. The van der Waals surface area contributed by atoms with Gasteiger partial charge in [0.15, 0.2) is 0 Å². The van der Waals surface area contributed by atoms with E-state index in [0.29, 0.717) is 6.04 Å². The van der Waals surface area contributed by atoms with E-state index in [1.54, 1.807) is 22.7 Å². The maximum Gasteiger partial charge on any atom is 0.124 e. The molecule has 1 saturated heterocycles. The lowest BCUT2D eigenvalue weighted by atomic mass is 10.2. The van der Waals surface area contributed by atoms with Crippen molar-refractivity contribution in [2.45, 2.75) is 25.4 Å². The highest BCUT2D eigenvalue weighted by Gasteiger charge is 2.27. The molecule has 1 atom stereocenters. The Balaban J connectivity index is 1.51. The third-order valence-electron chi connectivity index (χ3n) is 3.92. The summed E-state index contributed by atoms with van der Waals surface area (Å²) in [5, 5.41) is 9.84. The van der Waals surface area contributed by atoms with Gasteiger partial charge in [0, 0.05) is 33.8 Å². The first kappa shape index (κ1) is 13.6. The van der Waals surface area contributed by atoms with E-state index in [9.17, 15) is 0 Å². The smallest absolute Gasteiger partial charge is 0.124 e. The zero-order valence-electron chi connectivity index (χ0n) is 11.6. The average Bonchev–Trinajstić information content (AvgIpc) is 3.28. The van der Waals surface area contributed by atoms with Gasteiger partial charge in [-0.2, -0.15) is 11.3 Å². The van der Waals surface area contributed by atoms with E-state index in [1.807, 2.05) is 11.3 Å². The molecule has 4 heterocycles. The van der Waals surface area contributed by atoms with E-state index in [4.69, 9.17) is 4.98 Å². The van der Waals surface area contributed by atoms with Crippen LogP contribution in [0.25, 0.3) is 10.6 Å². The van der Waals surface area contributed by atoms with E-state index >= 15 is 0 Å². The van der Waals surface area contributed by atoms with Crippen molar-refractivity contribution in [3.63, 3.8) is 0 Å². The molecule has 1 fully saturated rings. The lowest BCUT2D eigenvalue weighted by molar-refractivity contribution is 0.249. The number of aromatic nitrogens is 1. The van der Waals surface area contributed by atoms with Crippen LogP contribution in [-0.2, 0) is 6.54 Å². The Labute approximate surface area is 136 Å². The predicted octanol–water partition coefficient (Wildman–Crippen LogP) is 5.27. The number of nitrogens with zero attached hydrogens (tertiary/aromatic N) is 2. The van der Waals surface area contributed by atoms with Crippen molar-refractivity contribution >= 4 is 34.0 Å². The fourth-order valence-electron chi connectivity index (χ4n) is 2.92. The molecular formula is C16H16N2S3. The van der Waals surface area contributed by atoms with Gasteiger partial charge in [0.25, 0.3) is 0 Å². The fraction of sp³-hybridized carbons (Fsp3) is 0.312. The van der Waals surface area contributed by atoms with Crippen LogP contribution in [0.3, 0.4) is 0 Å². The minimum Gasteiger partial charge on any atom is -0.290 e. The SMILES string of the molecule is c1csc(C2CCCN2Cc2csc(-c3ccsc3)n2)c1. The molecule has 3 aromatic heterocycles. The molecule has 5 heteroatoms. The van der Waals surface area contributed by atoms with Crippen molar-refractivity contribution in [1.29, 1.82) is 0 Å². The molecular weight excluding hydrogens is 316 g/mol. The molecule has 108 valence electrons. The Hall–Kier alpha value is -1.01. The van der Waals surface area contributed by atoms with Crippen LogP contribution in [0.5, 0.6) is 0 Å². The van der Waals surface area contributed by atoms with Gasteiger partial charge in [0.1, 0.15) is 5.01 Å². The molecule has 0 saturated carbocycles. The molecule has 0 radical (unpaired) electrons. The Morgan fingerprint density at radius 2 is 2.19 bits per heavy atom. The Bertz CT molecular complexity index is 685. The van der Waals surface area contributed by atoms with E-state index in [0.717, 1.165) is 11.6 Å². The molecule has 3 aromatic rings. The molecule has 1 unspecified atom stereocenters. The van der Waals surface area contributed by atoms with E-state index < -0.39 is 0 Å². The number of hydrogen-bond acceptors (Lipinski definition) is 5. The normalized spacial score (nSPS) is 19.3. The summed E-state index contributed by atoms with van der Waals surface area (Å²) >= 11 is 5.37. The summed E-state index contributed by atoms with van der Waals surface area (Å²) < 4.78 is 0. The van der Waals surface area contributed by atoms with Gasteiger partial charge in [-0.15, -0.1) is 22.7 Å². The molecule has 4 rings (SSSR count). The maximum absolute atomic E-state index is 4.82. The molecule has 0 spiro atoms. The van der Waals surface area contributed by atoms with E-state index in [1.165, 1.54) is 35.5 Å². The minimum atomic E-state index is 0.594. The summed E-state index contributed by atoms with van der Waals surface area (Å²) in [7, 11) is 0. The molecule has 0 aromatic carbocycles. The molecule has 2 nitrogen and oxygen atoms in total. The quantitative estimate of drug-likeness (QED) is 0.647. The van der Waals surface area contributed by atoms with Crippen molar-refractivity contribution in [2.75, 3.05) is 6.54 Å². The second-order valence-electron chi connectivity index (χ2n) is 5.30. The van der Waals surface area contributed by atoms with Crippen LogP contribution in [0.4, 0.5) is 0 Å². The zero-order chi connectivity index (χ0) is 14.1. The minimum absolute atomic E-state index is 0.594. The third-order valence-corrected chi connectivity index (χ3v) is 6.52. The Kier molecular flexibility index (Phi) is 3.90. The predicted molar refractivity (Wildman–Crippen MR) is 92.1 cm³/mol. The first-order valence-corrected chi connectivity index (χ1v) is 9.85. The van der Waals surface area contributed by atoms with Crippen molar-refractivity contribution in [3.8, 4) is 10.6 Å². The molecule has 1 aliphatic rings. The maximum atomic E-state index is 4.82. The van der Waals surface area contributed by atoms with Gasteiger partial charge in [-0.05, 0) is 42.3 Å². The lowest BCUT2D eigenvalue weighted by Crippen LogP contribution is -2.22. The molecule has 0 bridgehead atoms. The number of rotatable bonds is 4. The fourth-order valence-corrected chi connectivity index (χ4v) is 5.34. The van der Waals surface area contributed by atoms with Gasteiger partial charge in [-0.3, -0.25) is 4.90 Å². The Morgan fingerprint density at radius 1 is 1.19 bits per heavy atom. The monoisotopic (exact) mass is 332 g/mol. The van der Waals surface area contributed by atoms with Crippen molar-refractivity contribution in [1.82, 2.24) is 9.88 Å². The van der Waals surface area contributed by atoms with Crippen LogP contribution in [0.2, 0.25) is 0 Å². The third kappa shape index (κ3) is 2.83. The molecule has 21 heavy (non-hydrogen) atoms. The number of likely N-dealkylation sites (tertiary alicyclic amines) is 1. The molecule has 0 N–H and O–H groups in total. The number of thiophene rings is 2.